The molecule has 1 fully saturated rings. The summed E-state index contributed by atoms with van der Waals surface area (Å²) in [6.07, 6.45) is 3.69. The molecule has 34 heavy (non-hydrogen) atoms. The first-order chi connectivity index (χ1) is 16.6. The fraction of sp³-hybridized carbons (Fsp3) is 0.407. The molecule has 180 valence electrons. The largest absolute Gasteiger partial charge is 0.494 e. The van der Waals surface area contributed by atoms with Gasteiger partial charge in [-0.05, 0) is 69.0 Å². The molecule has 3 aromatic rings. The van der Waals surface area contributed by atoms with Crippen LogP contribution in [0.15, 0.2) is 48.5 Å². The number of fused-ring (bicyclic) bond motifs is 1. The molecule has 1 aliphatic carbocycles. The molecular formula is C27H34N4O3. The van der Waals surface area contributed by atoms with Crippen molar-refractivity contribution in [2.75, 3.05) is 31.7 Å². The van der Waals surface area contributed by atoms with Gasteiger partial charge < -0.3 is 24.7 Å². The van der Waals surface area contributed by atoms with Crippen LogP contribution in [-0.4, -0.2) is 37.0 Å². The summed E-state index contributed by atoms with van der Waals surface area (Å²) in [5.41, 5.74) is 4.34. The Morgan fingerprint density at radius 2 is 1.85 bits per heavy atom. The van der Waals surface area contributed by atoms with Crippen molar-refractivity contribution in [1.82, 2.24) is 9.88 Å². The van der Waals surface area contributed by atoms with Gasteiger partial charge in [0.2, 0.25) is 0 Å². The second-order valence-corrected chi connectivity index (χ2v) is 8.02. The molecule has 1 saturated carbocycles. The maximum atomic E-state index is 12.0. The van der Waals surface area contributed by atoms with Gasteiger partial charge in [-0.1, -0.05) is 12.1 Å². The van der Waals surface area contributed by atoms with Gasteiger partial charge in [0.05, 0.1) is 24.8 Å². The number of amides is 2. The zero-order valence-corrected chi connectivity index (χ0v) is 20.3. The fourth-order valence-electron chi connectivity index (χ4n) is 4.00. The van der Waals surface area contributed by atoms with Gasteiger partial charge in [0.25, 0.3) is 0 Å². The number of nitriles is 1. The quantitative estimate of drug-likeness (QED) is 0.375. The Labute approximate surface area is 201 Å². The third-order valence-corrected chi connectivity index (χ3v) is 5.74. The van der Waals surface area contributed by atoms with Crippen molar-refractivity contribution < 1.29 is 14.3 Å². The molecule has 0 spiro atoms. The minimum absolute atomic E-state index is 0.223. The molecule has 0 unspecified atom stereocenters. The van der Waals surface area contributed by atoms with E-state index in [4.69, 9.17) is 14.7 Å². The van der Waals surface area contributed by atoms with Gasteiger partial charge >= 0.3 is 6.03 Å². The van der Waals surface area contributed by atoms with Crippen LogP contribution in [0.5, 0.6) is 5.75 Å². The van der Waals surface area contributed by atoms with Crippen molar-refractivity contribution in [3.05, 3.63) is 48.5 Å². The minimum atomic E-state index is -0.223. The Kier molecular flexibility index (Phi) is 9.36. The highest BCUT2D eigenvalue weighted by molar-refractivity contribution is 5.91. The summed E-state index contributed by atoms with van der Waals surface area (Å²) in [4.78, 5) is 12.0. The fourth-order valence-corrected chi connectivity index (χ4v) is 4.00. The number of hydrogen-bond donors (Lipinski definition) is 2. The molecule has 2 amide bonds. The second kappa shape index (κ2) is 12.7. The summed E-state index contributed by atoms with van der Waals surface area (Å²) >= 11 is 0. The molecule has 1 heterocycles. The molecule has 4 rings (SSSR count). The van der Waals surface area contributed by atoms with Crippen LogP contribution in [0.1, 0.15) is 46.1 Å². The van der Waals surface area contributed by atoms with Gasteiger partial charge in [-0.3, -0.25) is 0 Å². The first-order valence-electron chi connectivity index (χ1n) is 11.9. The normalized spacial score (nSPS) is 12.8. The van der Waals surface area contributed by atoms with Crippen LogP contribution in [0.3, 0.4) is 0 Å². The number of rotatable bonds is 9. The zero-order chi connectivity index (χ0) is 24.3. The lowest BCUT2D eigenvalue weighted by Gasteiger charge is -2.30. The molecule has 1 aliphatic rings. The van der Waals surface area contributed by atoms with Crippen molar-refractivity contribution in [3.63, 3.8) is 0 Å². The molecule has 0 bridgehead atoms. The number of ether oxygens (including phenoxy) is 2. The monoisotopic (exact) mass is 462 g/mol. The van der Waals surface area contributed by atoms with E-state index < -0.39 is 0 Å². The molecule has 7 nitrogen and oxygen atoms in total. The number of anilines is 1. The van der Waals surface area contributed by atoms with Gasteiger partial charge in [-0.25, -0.2) is 4.79 Å². The molecule has 0 aliphatic heterocycles. The van der Waals surface area contributed by atoms with Crippen LogP contribution < -0.4 is 15.4 Å². The van der Waals surface area contributed by atoms with Gasteiger partial charge in [0.15, 0.2) is 0 Å². The van der Waals surface area contributed by atoms with E-state index in [0.717, 1.165) is 17.0 Å². The van der Waals surface area contributed by atoms with E-state index in [1.165, 1.54) is 42.8 Å². The van der Waals surface area contributed by atoms with Crippen LogP contribution >= 0.6 is 0 Å². The smallest absolute Gasteiger partial charge is 0.319 e. The second-order valence-electron chi connectivity index (χ2n) is 8.02. The van der Waals surface area contributed by atoms with Crippen molar-refractivity contribution in [3.8, 4) is 23.1 Å². The van der Waals surface area contributed by atoms with Crippen molar-refractivity contribution in [1.29, 1.82) is 5.26 Å². The summed E-state index contributed by atoms with van der Waals surface area (Å²) in [5.74, 6) is 0.912. The van der Waals surface area contributed by atoms with E-state index in [9.17, 15) is 4.79 Å². The number of aromatic nitrogens is 1. The van der Waals surface area contributed by atoms with E-state index in [2.05, 4.69) is 45.5 Å². The topological polar surface area (TPSA) is 88.3 Å². The molecule has 0 saturated heterocycles. The van der Waals surface area contributed by atoms with Crippen LogP contribution in [0.2, 0.25) is 0 Å². The predicted octanol–water partition coefficient (Wildman–Crippen LogP) is 6.12. The SMILES string of the molecule is CC#N.CCOCCNC(=O)Nc1ccc(-c2cc3ccc(OCC)cc3n2C2CCC2)cc1. The van der Waals surface area contributed by atoms with Crippen LogP contribution in [0.4, 0.5) is 10.5 Å². The van der Waals surface area contributed by atoms with Crippen molar-refractivity contribution >= 4 is 22.6 Å². The Morgan fingerprint density at radius 3 is 2.47 bits per heavy atom. The van der Waals surface area contributed by atoms with E-state index in [1.807, 2.05) is 32.0 Å². The lowest BCUT2D eigenvalue weighted by atomic mass is 9.92. The highest BCUT2D eigenvalue weighted by Crippen LogP contribution is 2.41. The van der Waals surface area contributed by atoms with Crippen LogP contribution in [-0.2, 0) is 4.74 Å². The van der Waals surface area contributed by atoms with Crippen LogP contribution in [0, 0.1) is 11.3 Å². The lowest BCUT2D eigenvalue weighted by molar-refractivity contribution is 0.150. The molecule has 2 aromatic carbocycles. The molecule has 0 radical (unpaired) electrons. The number of nitrogens with zero attached hydrogens (tertiary/aromatic N) is 2. The standard InChI is InChI=1S/C25H31N3O3.C2H3N/c1-3-30-15-14-26-25(29)27-20-11-8-18(9-12-20)23-16-19-10-13-22(31-4-2)17-24(19)28(23)21-6-5-7-21;1-2-3/h8-13,16-17,21H,3-7,14-15H2,1-2H3,(H2,26,27,29);1H3. The highest BCUT2D eigenvalue weighted by atomic mass is 16.5. The third kappa shape index (κ3) is 6.30. The third-order valence-electron chi connectivity index (χ3n) is 5.74. The Bertz CT molecular complexity index is 1110. The Hall–Kier alpha value is -3.50. The first kappa shape index (κ1) is 25.1. The molecule has 2 N–H and O–H groups in total. The average Bonchev–Trinajstić information content (AvgIpc) is 3.15. The highest BCUT2D eigenvalue weighted by Gasteiger charge is 2.24. The number of hydrogen-bond acceptors (Lipinski definition) is 4. The van der Waals surface area contributed by atoms with Crippen molar-refractivity contribution in [2.45, 2.75) is 46.1 Å². The number of carbonyl (C=O) groups is 1. The summed E-state index contributed by atoms with van der Waals surface area (Å²) in [6, 6.07) is 18.7. The van der Waals surface area contributed by atoms with Crippen LogP contribution in [0.25, 0.3) is 22.2 Å². The average molecular weight is 463 g/mol. The maximum absolute atomic E-state index is 12.0. The summed E-state index contributed by atoms with van der Waals surface area (Å²) in [7, 11) is 0. The van der Waals surface area contributed by atoms with Crippen molar-refractivity contribution in [2.24, 2.45) is 0 Å². The maximum Gasteiger partial charge on any atom is 0.319 e. The minimum Gasteiger partial charge on any atom is -0.494 e. The first-order valence-corrected chi connectivity index (χ1v) is 11.9. The van der Waals surface area contributed by atoms with E-state index in [-0.39, 0.29) is 6.03 Å². The number of benzene rings is 2. The number of urea groups is 1. The predicted molar refractivity (Wildman–Crippen MR) is 136 cm³/mol. The van der Waals surface area contributed by atoms with E-state index >= 15 is 0 Å². The summed E-state index contributed by atoms with van der Waals surface area (Å²) < 4.78 is 13.4. The van der Waals surface area contributed by atoms with Gasteiger partial charge in [-0.2, -0.15) is 5.26 Å². The number of carbonyl (C=O) groups excluding carboxylic acids is 1. The molecule has 1 aromatic heterocycles. The summed E-state index contributed by atoms with van der Waals surface area (Å²) in [6.45, 7) is 7.69. The van der Waals surface area contributed by atoms with E-state index in [0.29, 0.717) is 32.4 Å². The zero-order valence-electron chi connectivity index (χ0n) is 20.3. The Morgan fingerprint density at radius 1 is 1.12 bits per heavy atom. The van der Waals surface area contributed by atoms with Gasteiger partial charge in [0.1, 0.15) is 5.75 Å². The van der Waals surface area contributed by atoms with Gasteiger partial charge in [0, 0.05) is 49.0 Å². The molecule has 0 atom stereocenters. The number of nitrogens with one attached hydrogen (secondary N) is 2. The van der Waals surface area contributed by atoms with Gasteiger partial charge in [-0.15, -0.1) is 0 Å². The van der Waals surface area contributed by atoms with E-state index in [1.54, 1.807) is 6.07 Å². The Balaban J connectivity index is 0.00000103. The summed E-state index contributed by atoms with van der Waals surface area (Å²) in [5, 5.41) is 14.2. The molecular weight excluding hydrogens is 428 g/mol. The lowest BCUT2D eigenvalue weighted by Crippen LogP contribution is -2.31. The molecule has 7 heteroatoms.